The Hall–Kier alpha value is -2.02. The van der Waals surface area contributed by atoms with Gasteiger partial charge in [-0.2, -0.15) is 0 Å². The van der Waals surface area contributed by atoms with E-state index in [-0.39, 0.29) is 18.0 Å². The number of hydrogen-bond acceptors (Lipinski definition) is 2. The number of terminal acetylenes is 1. The lowest BCUT2D eigenvalue weighted by Gasteiger charge is -2.16. The van der Waals surface area contributed by atoms with E-state index in [2.05, 4.69) is 21.5 Å². The van der Waals surface area contributed by atoms with Crippen LogP contribution in [0.5, 0.6) is 0 Å². The number of hydrogen-bond donors (Lipinski definition) is 2. The number of amides is 2. The predicted octanol–water partition coefficient (Wildman–Crippen LogP) is 1.58. The molecule has 0 aliphatic rings. The first-order chi connectivity index (χ1) is 8.63. The summed E-state index contributed by atoms with van der Waals surface area (Å²) in [6.45, 7) is 4.51. The molecule has 4 nitrogen and oxygen atoms in total. The van der Waals surface area contributed by atoms with Crippen molar-refractivity contribution >= 4 is 6.03 Å². The van der Waals surface area contributed by atoms with Gasteiger partial charge in [-0.15, -0.1) is 6.42 Å². The monoisotopic (exact) mass is 245 g/mol. The third kappa shape index (κ3) is 4.88. The van der Waals surface area contributed by atoms with E-state index in [1.807, 2.05) is 26.0 Å². The van der Waals surface area contributed by atoms with Crippen LogP contribution in [0.25, 0.3) is 0 Å². The zero-order valence-electron chi connectivity index (χ0n) is 10.8. The minimum absolute atomic E-state index is 0.221. The average molecular weight is 245 g/mol. The first kappa shape index (κ1) is 14.0. The highest BCUT2D eigenvalue weighted by Crippen LogP contribution is 1.99. The maximum atomic E-state index is 11.6. The molecule has 0 aliphatic carbocycles. The van der Waals surface area contributed by atoms with E-state index in [1.165, 1.54) is 0 Å². The minimum Gasteiger partial charge on any atom is -0.338 e. The molecule has 0 bridgehead atoms. The Bertz CT molecular complexity index is 409. The molecule has 18 heavy (non-hydrogen) atoms. The van der Waals surface area contributed by atoms with Crippen molar-refractivity contribution in [2.24, 2.45) is 5.92 Å². The lowest BCUT2D eigenvalue weighted by Crippen LogP contribution is -2.44. The Morgan fingerprint density at radius 1 is 1.56 bits per heavy atom. The van der Waals surface area contributed by atoms with Crippen molar-refractivity contribution in [1.82, 2.24) is 15.6 Å². The van der Waals surface area contributed by atoms with E-state index in [0.29, 0.717) is 6.54 Å². The van der Waals surface area contributed by atoms with Crippen molar-refractivity contribution < 1.29 is 4.79 Å². The third-order valence-corrected chi connectivity index (χ3v) is 2.55. The second-order valence-electron chi connectivity index (χ2n) is 4.40. The number of aromatic nitrogens is 1. The molecule has 1 aromatic rings. The van der Waals surface area contributed by atoms with Gasteiger partial charge in [0.15, 0.2) is 0 Å². The number of rotatable bonds is 5. The van der Waals surface area contributed by atoms with Gasteiger partial charge in [-0.05, 0) is 24.0 Å². The molecule has 1 rings (SSSR count). The van der Waals surface area contributed by atoms with Crippen molar-refractivity contribution in [3.8, 4) is 12.3 Å². The highest BCUT2D eigenvalue weighted by atomic mass is 16.2. The molecule has 0 radical (unpaired) electrons. The van der Waals surface area contributed by atoms with Crippen LogP contribution >= 0.6 is 0 Å². The molecule has 1 heterocycles. The van der Waals surface area contributed by atoms with E-state index in [9.17, 15) is 4.79 Å². The molecule has 4 heteroatoms. The molecule has 0 saturated carbocycles. The molecular weight excluding hydrogens is 226 g/mol. The molecule has 0 aromatic carbocycles. The molecule has 96 valence electrons. The van der Waals surface area contributed by atoms with Gasteiger partial charge >= 0.3 is 6.03 Å². The van der Waals surface area contributed by atoms with Crippen LogP contribution in [0.4, 0.5) is 4.79 Å². The summed E-state index contributed by atoms with van der Waals surface area (Å²) < 4.78 is 0. The standard InChI is InChI=1S/C14H19N3O/c1-4-13(11(2)3)17-14(18)16-9-7-12-6-5-8-15-10-12/h1,5-6,8,10-11,13H,7,9H2,2-3H3,(H2,16,17,18). The van der Waals surface area contributed by atoms with Crippen LogP contribution in [0.15, 0.2) is 24.5 Å². The lowest BCUT2D eigenvalue weighted by atomic mass is 10.1. The molecule has 0 saturated heterocycles. The van der Waals surface area contributed by atoms with E-state index >= 15 is 0 Å². The number of carbonyl (C=O) groups is 1. The number of nitrogens with one attached hydrogen (secondary N) is 2. The van der Waals surface area contributed by atoms with Crippen LogP contribution < -0.4 is 10.6 Å². The lowest BCUT2D eigenvalue weighted by molar-refractivity contribution is 0.237. The molecule has 2 N–H and O–H groups in total. The van der Waals surface area contributed by atoms with Gasteiger partial charge in [0.2, 0.25) is 0 Å². The summed E-state index contributed by atoms with van der Waals surface area (Å²) in [4.78, 5) is 15.6. The molecular formula is C14H19N3O. The van der Waals surface area contributed by atoms with Gasteiger partial charge in [0.05, 0.1) is 6.04 Å². The van der Waals surface area contributed by atoms with Gasteiger partial charge in [0, 0.05) is 18.9 Å². The summed E-state index contributed by atoms with van der Waals surface area (Å²) >= 11 is 0. The zero-order valence-corrected chi connectivity index (χ0v) is 10.8. The van der Waals surface area contributed by atoms with E-state index in [0.717, 1.165) is 12.0 Å². The summed E-state index contributed by atoms with van der Waals surface area (Å²) in [5, 5.41) is 5.53. The minimum atomic E-state index is -0.233. The van der Waals surface area contributed by atoms with Crippen LogP contribution in [0.1, 0.15) is 19.4 Å². The Labute approximate surface area is 108 Å². The second kappa shape index (κ2) is 7.33. The van der Waals surface area contributed by atoms with Gasteiger partial charge in [-0.3, -0.25) is 4.98 Å². The Balaban J connectivity index is 2.28. The van der Waals surface area contributed by atoms with Crippen LogP contribution in [0.2, 0.25) is 0 Å². The number of carbonyl (C=O) groups excluding carboxylic acids is 1. The van der Waals surface area contributed by atoms with Gasteiger partial charge in [0.1, 0.15) is 0 Å². The van der Waals surface area contributed by atoms with Crippen molar-refractivity contribution in [2.75, 3.05) is 6.54 Å². The van der Waals surface area contributed by atoms with Crippen molar-refractivity contribution in [3.05, 3.63) is 30.1 Å². The number of pyridine rings is 1. The normalized spacial score (nSPS) is 11.7. The highest BCUT2D eigenvalue weighted by Gasteiger charge is 2.12. The SMILES string of the molecule is C#CC(NC(=O)NCCc1cccnc1)C(C)C. The molecule has 0 aliphatic heterocycles. The van der Waals surface area contributed by atoms with E-state index in [1.54, 1.807) is 12.4 Å². The van der Waals surface area contributed by atoms with E-state index < -0.39 is 0 Å². The molecule has 0 fully saturated rings. The summed E-state index contributed by atoms with van der Waals surface area (Å²) in [6, 6.07) is 3.40. The quantitative estimate of drug-likeness (QED) is 0.774. The van der Waals surface area contributed by atoms with Gasteiger partial charge in [0.25, 0.3) is 0 Å². The fourth-order valence-electron chi connectivity index (χ4n) is 1.46. The summed E-state index contributed by atoms with van der Waals surface area (Å²) in [6.07, 6.45) is 9.61. The largest absolute Gasteiger partial charge is 0.338 e. The molecule has 0 spiro atoms. The number of nitrogens with zero attached hydrogens (tertiary/aromatic N) is 1. The van der Waals surface area contributed by atoms with Gasteiger partial charge < -0.3 is 10.6 Å². The fraction of sp³-hybridized carbons (Fsp3) is 0.429. The van der Waals surface area contributed by atoms with Gasteiger partial charge in [-0.25, -0.2) is 4.79 Å². The average Bonchev–Trinajstić information content (AvgIpc) is 2.37. The van der Waals surface area contributed by atoms with E-state index in [4.69, 9.17) is 6.42 Å². The predicted molar refractivity (Wildman–Crippen MR) is 71.9 cm³/mol. The van der Waals surface area contributed by atoms with Crippen LogP contribution in [-0.2, 0) is 6.42 Å². The fourth-order valence-corrected chi connectivity index (χ4v) is 1.46. The molecule has 1 unspecified atom stereocenters. The Morgan fingerprint density at radius 3 is 2.89 bits per heavy atom. The summed E-state index contributed by atoms with van der Waals surface area (Å²) in [5.74, 6) is 2.78. The smallest absolute Gasteiger partial charge is 0.315 e. The molecule has 2 amide bonds. The van der Waals surface area contributed by atoms with Crippen LogP contribution in [0.3, 0.4) is 0 Å². The van der Waals surface area contributed by atoms with Crippen molar-refractivity contribution in [1.29, 1.82) is 0 Å². The van der Waals surface area contributed by atoms with Crippen molar-refractivity contribution in [3.63, 3.8) is 0 Å². The maximum Gasteiger partial charge on any atom is 0.315 e. The maximum absolute atomic E-state index is 11.6. The summed E-state index contributed by atoms with van der Waals surface area (Å²) in [5.41, 5.74) is 1.09. The Morgan fingerprint density at radius 2 is 2.33 bits per heavy atom. The first-order valence-electron chi connectivity index (χ1n) is 6.03. The third-order valence-electron chi connectivity index (χ3n) is 2.55. The summed E-state index contributed by atoms with van der Waals surface area (Å²) in [7, 11) is 0. The molecule has 1 aromatic heterocycles. The van der Waals surface area contributed by atoms with Gasteiger partial charge in [-0.1, -0.05) is 25.8 Å². The topological polar surface area (TPSA) is 54.0 Å². The Kier molecular flexibility index (Phi) is 5.72. The van der Waals surface area contributed by atoms with Crippen LogP contribution in [0, 0.1) is 18.3 Å². The molecule has 1 atom stereocenters. The second-order valence-corrected chi connectivity index (χ2v) is 4.40. The zero-order chi connectivity index (χ0) is 13.4. The highest BCUT2D eigenvalue weighted by molar-refractivity contribution is 5.74. The van der Waals surface area contributed by atoms with Crippen molar-refractivity contribution in [2.45, 2.75) is 26.3 Å². The first-order valence-corrected chi connectivity index (χ1v) is 6.03. The number of urea groups is 1. The van der Waals surface area contributed by atoms with Crippen LogP contribution in [-0.4, -0.2) is 23.6 Å².